The highest BCUT2D eigenvalue weighted by atomic mass is 32.1. The molecule has 0 aliphatic carbocycles. The fraction of sp³-hybridized carbons (Fsp3) is 0.529. The summed E-state index contributed by atoms with van der Waals surface area (Å²) >= 11 is 1.44. The number of aryl methyl sites for hydroxylation is 1. The third kappa shape index (κ3) is 2.90. The van der Waals surface area contributed by atoms with Crippen LogP contribution in [0, 0.1) is 0 Å². The zero-order valence-corrected chi connectivity index (χ0v) is 15.8. The number of nitrogens with one attached hydrogen (secondary N) is 1. The largest absolute Gasteiger partial charge is 0.355 e. The van der Waals surface area contributed by atoms with Gasteiger partial charge in [0.2, 0.25) is 11.7 Å². The van der Waals surface area contributed by atoms with Gasteiger partial charge < -0.3 is 5.32 Å². The maximum atomic E-state index is 12.4. The Bertz CT molecular complexity index is 1020. The number of fused-ring (bicyclic) bond motifs is 3. The molecule has 0 aromatic carbocycles. The lowest BCUT2D eigenvalue weighted by Crippen LogP contribution is -2.46. The maximum Gasteiger partial charge on any atom is 0.272 e. The first-order valence-electron chi connectivity index (χ1n) is 8.85. The Labute approximate surface area is 154 Å². The Hall–Kier alpha value is -2.26. The number of piperidine rings is 1. The van der Waals surface area contributed by atoms with Crippen molar-refractivity contribution in [3.8, 4) is 0 Å². The smallest absolute Gasteiger partial charge is 0.272 e. The van der Waals surface area contributed by atoms with Crippen molar-refractivity contribution in [1.82, 2.24) is 29.4 Å². The van der Waals surface area contributed by atoms with Crippen molar-refractivity contribution < 1.29 is 4.79 Å². The van der Waals surface area contributed by atoms with Gasteiger partial charge in [-0.15, -0.1) is 21.5 Å². The van der Waals surface area contributed by atoms with E-state index >= 15 is 0 Å². The second-order valence-electron chi connectivity index (χ2n) is 6.81. The Kier molecular flexibility index (Phi) is 4.49. The molecule has 0 spiro atoms. The van der Waals surface area contributed by atoms with Crippen LogP contribution in [-0.4, -0.2) is 49.1 Å². The van der Waals surface area contributed by atoms with Crippen molar-refractivity contribution in [2.45, 2.75) is 38.8 Å². The molecule has 1 saturated heterocycles. The average molecular weight is 374 g/mol. The normalized spacial score (nSPS) is 18.6. The summed E-state index contributed by atoms with van der Waals surface area (Å²) < 4.78 is 4.26. The van der Waals surface area contributed by atoms with Crippen molar-refractivity contribution in [2.24, 2.45) is 7.05 Å². The van der Waals surface area contributed by atoms with E-state index in [1.165, 1.54) is 17.8 Å². The molecule has 8 nitrogen and oxygen atoms in total. The molecule has 26 heavy (non-hydrogen) atoms. The van der Waals surface area contributed by atoms with Crippen LogP contribution >= 0.6 is 11.3 Å². The fourth-order valence-electron chi connectivity index (χ4n) is 3.70. The molecule has 1 fully saturated rings. The summed E-state index contributed by atoms with van der Waals surface area (Å²) in [6, 6.07) is 2.25. The van der Waals surface area contributed by atoms with Crippen LogP contribution in [0.2, 0.25) is 0 Å². The van der Waals surface area contributed by atoms with Crippen LogP contribution in [-0.2, 0) is 18.4 Å². The minimum absolute atomic E-state index is 0.00145. The molecular formula is C17H22N6O2S. The van der Waals surface area contributed by atoms with Crippen molar-refractivity contribution in [1.29, 1.82) is 0 Å². The van der Waals surface area contributed by atoms with E-state index in [-0.39, 0.29) is 11.5 Å². The van der Waals surface area contributed by atoms with Gasteiger partial charge in [-0.05, 0) is 30.8 Å². The highest BCUT2D eigenvalue weighted by molar-refractivity contribution is 7.17. The number of rotatable bonds is 4. The monoisotopic (exact) mass is 374 g/mol. The third-order valence-corrected chi connectivity index (χ3v) is 5.97. The third-order valence-electron chi connectivity index (χ3n) is 5.08. The van der Waals surface area contributed by atoms with Gasteiger partial charge >= 0.3 is 0 Å². The van der Waals surface area contributed by atoms with Gasteiger partial charge in [-0.25, -0.2) is 0 Å². The molecule has 4 rings (SSSR count). The topological polar surface area (TPSA) is 84.5 Å². The van der Waals surface area contributed by atoms with Crippen LogP contribution in [0.3, 0.4) is 0 Å². The number of carbonyl (C=O) groups excluding carboxylic acids is 1. The minimum Gasteiger partial charge on any atom is -0.355 e. The predicted octanol–water partition coefficient (Wildman–Crippen LogP) is 1.13. The highest BCUT2D eigenvalue weighted by Gasteiger charge is 2.25. The van der Waals surface area contributed by atoms with Crippen molar-refractivity contribution in [3.63, 3.8) is 0 Å². The van der Waals surface area contributed by atoms with Crippen molar-refractivity contribution in [2.75, 3.05) is 13.1 Å². The summed E-state index contributed by atoms with van der Waals surface area (Å²) in [5.41, 5.74) is 0.825. The molecule has 3 aromatic heterocycles. The van der Waals surface area contributed by atoms with Gasteiger partial charge in [0.1, 0.15) is 4.70 Å². The van der Waals surface area contributed by atoms with Crippen LogP contribution in [0.4, 0.5) is 0 Å². The Balaban J connectivity index is 1.70. The molecule has 1 unspecified atom stereocenters. The van der Waals surface area contributed by atoms with Crippen molar-refractivity contribution >= 4 is 33.2 Å². The lowest BCUT2D eigenvalue weighted by atomic mass is 10.0. The summed E-state index contributed by atoms with van der Waals surface area (Å²) in [5, 5.41) is 13.5. The SMILES string of the molecule is CC(=O)NCC1CCCCN1Cc1nnc2n(C)c(=O)c3sccc3n12. The quantitative estimate of drug-likeness (QED) is 0.740. The van der Waals surface area contributed by atoms with Gasteiger partial charge in [0.25, 0.3) is 5.56 Å². The van der Waals surface area contributed by atoms with E-state index < -0.39 is 0 Å². The molecular weight excluding hydrogens is 352 g/mol. The van der Waals surface area contributed by atoms with Gasteiger partial charge in [0.15, 0.2) is 5.82 Å². The Morgan fingerprint density at radius 3 is 3.04 bits per heavy atom. The molecule has 1 N–H and O–H groups in total. The van der Waals surface area contributed by atoms with E-state index in [0.717, 1.165) is 35.4 Å². The number of hydrogen-bond donors (Lipinski definition) is 1. The van der Waals surface area contributed by atoms with Crippen LogP contribution in [0.1, 0.15) is 32.0 Å². The number of amides is 1. The van der Waals surface area contributed by atoms with Crippen molar-refractivity contribution in [3.05, 3.63) is 27.6 Å². The number of likely N-dealkylation sites (tertiary alicyclic amines) is 1. The molecule has 4 heterocycles. The molecule has 9 heteroatoms. The van der Waals surface area contributed by atoms with E-state index in [9.17, 15) is 9.59 Å². The first-order chi connectivity index (χ1) is 12.6. The van der Waals surface area contributed by atoms with Gasteiger partial charge in [0, 0.05) is 26.6 Å². The summed E-state index contributed by atoms with van der Waals surface area (Å²) in [6.07, 6.45) is 3.37. The maximum absolute atomic E-state index is 12.4. The van der Waals surface area contributed by atoms with Crippen LogP contribution in [0.5, 0.6) is 0 Å². The number of aromatic nitrogens is 4. The van der Waals surface area contributed by atoms with Gasteiger partial charge in [-0.2, -0.15) is 0 Å². The second-order valence-corrected chi connectivity index (χ2v) is 7.72. The van der Waals surface area contributed by atoms with Crippen LogP contribution in [0.25, 0.3) is 16.0 Å². The van der Waals surface area contributed by atoms with Gasteiger partial charge in [-0.3, -0.25) is 23.5 Å². The van der Waals surface area contributed by atoms with Crippen LogP contribution < -0.4 is 10.9 Å². The van der Waals surface area contributed by atoms with Gasteiger partial charge in [-0.1, -0.05) is 6.42 Å². The number of hydrogen-bond acceptors (Lipinski definition) is 6. The molecule has 1 atom stereocenters. The average Bonchev–Trinajstić information content (AvgIpc) is 3.26. The molecule has 138 valence electrons. The fourth-order valence-corrected chi connectivity index (χ4v) is 4.55. The Morgan fingerprint density at radius 1 is 1.38 bits per heavy atom. The summed E-state index contributed by atoms with van der Waals surface area (Å²) in [7, 11) is 1.73. The second kappa shape index (κ2) is 6.81. The lowest BCUT2D eigenvalue weighted by Gasteiger charge is -2.35. The molecule has 1 amide bonds. The number of thiophene rings is 1. The minimum atomic E-state index is -0.0389. The molecule has 1 aliphatic rings. The zero-order valence-electron chi connectivity index (χ0n) is 14.9. The molecule has 0 saturated carbocycles. The van der Waals surface area contributed by atoms with E-state index in [1.807, 2.05) is 15.8 Å². The number of nitrogens with zero attached hydrogens (tertiary/aromatic N) is 5. The van der Waals surface area contributed by atoms with Gasteiger partial charge in [0.05, 0.1) is 12.1 Å². The summed E-state index contributed by atoms with van der Waals surface area (Å²) in [6.45, 7) is 3.82. The zero-order chi connectivity index (χ0) is 18.3. The van der Waals surface area contributed by atoms with E-state index in [0.29, 0.717) is 24.9 Å². The van der Waals surface area contributed by atoms with E-state index in [4.69, 9.17) is 0 Å². The standard InChI is InChI=1S/C17H22N6O2S/c1-11(24)18-9-12-5-3-4-7-22(12)10-14-19-20-17-21(2)16(25)15-13(23(14)17)6-8-26-15/h6,8,12H,3-5,7,9-10H2,1-2H3,(H,18,24). The van der Waals surface area contributed by atoms with Crippen LogP contribution in [0.15, 0.2) is 16.2 Å². The summed E-state index contributed by atoms with van der Waals surface area (Å²) in [4.78, 5) is 26.1. The number of carbonyl (C=O) groups is 1. The molecule has 0 radical (unpaired) electrons. The van der Waals surface area contributed by atoms with E-state index in [1.54, 1.807) is 18.5 Å². The predicted molar refractivity (Wildman–Crippen MR) is 100 cm³/mol. The summed E-state index contributed by atoms with van der Waals surface area (Å²) in [5.74, 6) is 1.39. The molecule has 1 aliphatic heterocycles. The Morgan fingerprint density at radius 2 is 2.23 bits per heavy atom. The first kappa shape index (κ1) is 17.2. The highest BCUT2D eigenvalue weighted by Crippen LogP contribution is 2.22. The molecule has 0 bridgehead atoms. The molecule has 3 aromatic rings. The lowest BCUT2D eigenvalue weighted by molar-refractivity contribution is -0.119. The van der Waals surface area contributed by atoms with E-state index in [2.05, 4.69) is 20.4 Å². The first-order valence-corrected chi connectivity index (χ1v) is 9.73.